The molecule has 1 aromatic carbocycles. The van der Waals surface area contributed by atoms with Gasteiger partial charge in [-0.05, 0) is 38.3 Å². The number of hydrogen-bond acceptors (Lipinski definition) is 3. The van der Waals surface area contributed by atoms with Gasteiger partial charge in [0.2, 0.25) is 0 Å². The fourth-order valence-corrected chi connectivity index (χ4v) is 1.74. The predicted molar refractivity (Wildman–Crippen MR) is 79.3 cm³/mol. The molecule has 0 saturated heterocycles. The number of anilines is 1. The summed E-state index contributed by atoms with van der Waals surface area (Å²) in [5.41, 5.74) is 1.06. The molecule has 1 rings (SSSR count). The van der Waals surface area contributed by atoms with Crippen LogP contribution < -0.4 is 10.1 Å². The average molecular weight is 258 g/mol. The molecule has 0 radical (unpaired) electrons. The van der Waals surface area contributed by atoms with Crippen molar-refractivity contribution < 1.29 is 4.74 Å². The molecule has 0 aliphatic rings. The van der Waals surface area contributed by atoms with Crippen molar-refractivity contribution in [3.05, 3.63) is 36.9 Å². The van der Waals surface area contributed by atoms with Crippen LogP contribution in [0.4, 0.5) is 5.69 Å². The summed E-state index contributed by atoms with van der Waals surface area (Å²) < 4.78 is 5.60. The van der Waals surface area contributed by atoms with Gasteiger partial charge in [-0.2, -0.15) is 5.26 Å². The average Bonchev–Trinajstić information content (AvgIpc) is 2.42. The highest BCUT2D eigenvalue weighted by Crippen LogP contribution is 2.19. The molecule has 1 N–H and O–H groups in total. The lowest BCUT2D eigenvalue weighted by molar-refractivity contribution is 0.313. The Labute approximate surface area is 115 Å². The maximum Gasteiger partial charge on any atom is 0.121 e. The molecule has 0 spiro atoms. The highest BCUT2D eigenvalue weighted by Gasteiger charge is 2.02. The van der Waals surface area contributed by atoms with E-state index in [1.807, 2.05) is 30.3 Å². The van der Waals surface area contributed by atoms with E-state index in [1.54, 1.807) is 0 Å². The van der Waals surface area contributed by atoms with E-state index < -0.39 is 0 Å². The van der Waals surface area contributed by atoms with E-state index >= 15 is 0 Å². The molecule has 19 heavy (non-hydrogen) atoms. The minimum Gasteiger partial charge on any atom is -0.493 e. The van der Waals surface area contributed by atoms with Gasteiger partial charge in [-0.1, -0.05) is 12.1 Å². The van der Waals surface area contributed by atoms with Crippen molar-refractivity contribution in [2.24, 2.45) is 0 Å². The number of allylic oxidation sites excluding steroid dienone is 1. The van der Waals surface area contributed by atoms with Crippen LogP contribution >= 0.6 is 0 Å². The normalized spacial score (nSPS) is 11.4. The Kier molecular flexibility index (Phi) is 7.19. The lowest BCUT2D eigenvalue weighted by Crippen LogP contribution is -2.14. The van der Waals surface area contributed by atoms with Crippen LogP contribution in [-0.2, 0) is 0 Å². The molecule has 1 unspecified atom stereocenters. The smallest absolute Gasteiger partial charge is 0.121 e. The van der Waals surface area contributed by atoms with Crippen molar-refractivity contribution >= 4 is 5.69 Å². The van der Waals surface area contributed by atoms with Gasteiger partial charge >= 0.3 is 0 Å². The molecule has 3 nitrogen and oxygen atoms in total. The van der Waals surface area contributed by atoms with Crippen LogP contribution in [0.15, 0.2) is 36.9 Å². The van der Waals surface area contributed by atoms with E-state index in [4.69, 9.17) is 10.00 Å². The second kappa shape index (κ2) is 9.04. The minimum absolute atomic E-state index is 0.409. The Morgan fingerprint density at radius 1 is 1.53 bits per heavy atom. The Hall–Kier alpha value is -1.95. The van der Waals surface area contributed by atoms with Crippen molar-refractivity contribution in [2.75, 3.05) is 11.9 Å². The summed E-state index contributed by atoms with van der Waals surface area (Å²) >= 11 is 0. The maximum absolute atomic E-state index is 8.45. The molecule has 3 heteroatoms. The summed E-state index contributed by atoms with van der Waals surface area (Å²) in [6, 6.07) is 10.5. The van der Waals surface area contributed by atoms with Crippen molar-refractivity contribution in [2.45, 2.75) is 38.6 Å². The highest BCUT2D eigenvalue weighted by molar-refractivity contribution is 5.48. The first-order chi connectivity index (χ1) is 9.26. The molecular formula is C16H22N2O. The molecule has 0 aromatic heterocycles. The van der Waals surface area contributed by atoms with Gasteiger partial charge in [0.1, 0.15) is 5.75 Å². The molecule has 1 aromatic rings. The van der Waals surface area contributed by atoms with E-state index in [-0.39, 0.29) is 0 Å². The van der Waals surface area contributed by atoms with Gasteiger partial charge in [0.15, 0.2) is 0 Å². The van der Waals surface area contributed by atoms with E-state index in [9.17, 15) is 0 Å². The minimum atomic E-state index is 0.409. The Bertz CT molecular complexity index is 423. The van der Waals surface area contributed by atoms with Gasteiger partial charge in [0, 0.05) is 24.2 Å². The first-order valence-electron chi connectivity index (χ1n) is 6.73. The third-order valence-electron chi connectivity index (χ3n) is 2.75. The second-order valence-corrected chi connectivity index (χ2v) is 4.55. The fourth-order valence-electron chi connectivity index (χ4n) is 1.74. The first kappa shape index (κ1) is 15.1. The number of nitrogens with zero attached hydrogens (tertiary/aromatic N) is 1. The van der Waals surface area contributed by atoms with Crippen LogP contribution in [0, 0.1) is 11.3 Å². The molecule has 1 atom stereocenters. The summed E-state index contributed by atoms with van der Waals surface area (Å²) in [4.78, 5) is 0. The van der Waals surface area contributed by atoms with Crippen LogP contribution in [0.2, 0.25) is 0 Å². The summed E-state index contributed by atoms with van der Waals surface area (Å²) in [6.07, 6.45) is 5.32. The molecule has 0 aliphatic carbocycles. The van der Waals surface area contributed by atoms with E-state index in [0.717, 1.165) is 30.7 Å². The standard InChI is InChI=1S/C16H22N2O/c1-3-4-8-14(2)18-15-9-7-10-16(13-15)19-12-6-5-11-17/h3,7,9-10,13-14,18H,1,4-6,8,12H2,2H3. The zero-order chi connectivity index (χ0) is 13.9. The Balaban J connectivity index is 2.43. The van der Waals surface area contributed by atoms with E-state index in [2.05, 4.69) is 24.9 Å². The summed E-state index contributed by atoms with van der Waals surface area (Å²) in [5, 5.41) is 11.9. The number of rotatable bonds is 9. The van der Waals surface area contributed by atoms with Gasteiger partial charge in [-0.25, -0.2) is 0 Å². The zero-order valence-corrected chi connectivity index (χ0v) is 11.6. The van der Waals surface area contributed by atoms with Crippen LogP contribution in [0.25, 0.3) is 0 Å². The summed E-state index contributed by atoms with van der Waals surface area (Å²) in [7, 11) is 0. The van der Waals surface area contributed by atoms with Crippen molar-refractivity contribution in [1.82, 2.24) is 0 Å². The molecule has 102 valence electrons. The third kappa shape index (κ3) is 6.52. The van der Waals surface area contributed by atoms with Gasteiger partial charge < -0.3 is 10.1 Å². The molecule has 0 heterocycles. The number of benzene rings is 1. The SMILES string of the molecule is C=CCCC(C)Nc1cccc(OCCCC#N)c1. The largest absolute Gasteiger partial charge is 0.493 e. The van der Waals surface area contributed by atoms with Gasteiger partial charge in [-0.15, -0.1) is 6.58 Å². The Morgan fingerprint density at radius 3 is 3.11 bits per heavy atom. The molecular weight excluding hydrogens is 236 g/mol. The highest BCUT2D eigenvalue weighted by atomic mass is 16.5. The molecule has 0 saturated carbocycles. The fraction of sp³-hybridized carbons (Fsp3) is 0.438. The monoisotopic (exact) mass is 258 g/mol. The van der Waals surface area contributed by atoms with E-state index in [0.29, 0.717) is 19.1 Å². The van der Waals surface area contributed by atoms with Crippen LogP contribution in [-0.4, -0.2) is 12.6 Å². The topological polar surface area (TPSA) is 45.0 Å². The number of ether oxygens (including phenoxy) is 1. The van der Waals surface area contributed by atoms with Crippen molar-refractivity contribution in [3.8, 4) is 11.8 Å². The number of nitriles is 1. The number of nitrogens with one attached hydrogen (secondary N) is 1. The molecule has 0 bridgehead atoms. The van der Waals surface area contributed by atoms with E-state index in [1.165, 1.54) is 0 Å². The molecule has 0 fully saturated rings. The summed E-state index contributed by atoms with van der Waals surface area (Å²) in [6.45, 7) is 6.47. The van der Waals surface area contributed by atoms with Crippen LogP contribution in [0.3, 0.4) is 0 Å². The third-order valence-corrected chi connectivity index (χ3v) is 2.75. The van der Waals surface area contributed by atoms with Gasteiger partial charge in [-0.3, -0.25) is 0 Å². The van der Waals surface area contributed by atoms with Crippen LogP contribution in [0.5, 0.6) is 5.75 Å². The molecule has 0 aliphatic heterocycles. The molecule has 0 amide bonds. The zero-order valence-electron chi connectivity index (χ0n) is 11.6. The van der Waals surface area contributed by atoms with Crippen molar-refractivity contribution in [1.29, 1.82) is 5.26 Å². The maximum atomic E-state index is 8.45. The lowest BCUT2D eigenvalue weighted by atomic mass is 10.1. The number of hydrogen-bond donors (Lipinski definition) is 1. The number of unbranched alkanes of at least 4 members (excludes halogenated alkanes) is 1. The first-order valence-corrected chi connectivity index (χ1v) is 6.73. The predicted octanol–water partition coefficient (Wildman–Crippen LogP) is 4.14. The Morgan fingerprint density at radius 2 is 2.37 bits per heavy atom. The van der Waals surface area contributed by atoms with Crippen molar-refractivity contribution in [3.63, 3.8) is 0 Å². The quantitative estimate of drug-likeness (QED) is 0.535. The van der Waals surface area contributed by atoms with Gasteiger partial charge in [0.25, 0.3) is 0 Å². The van der Waals surface area contributed by atoms with Gasteiger partial charge in [0.05, 0.1) is 12.7 Å². The van der Waals surface area contributed by atoms with Crippen LogP contribution in [0.1, 0.15) is 32.6 Å². The second-order valence-electron chi connectivity index (χ2n) is 4.55. The lowest BCUT2D eigenvalue weighted by Gasteiger charge is -2.15. The summed E-state index contributed by atoms with van der Waals surface area (Å²) in [5.74, 6) is 0.846.